The van der Waals surface area contributed by atoms with Gasteiger partial charge in [-0.1, -0.05) is 12.1 Å². The van der Waals surface area contributed by atoms with Gasteiger partial charge >= 0.3 is 5.97 Å². The maximum Gasteiger partial charge on any atom is 0.338 e. The number of Topliss-reactive ketones (excluding diaryl/α,β-unsaturated/α-hetero) is 1. The molecule has 0 unspecified atom stereocenters. The van der Waals surface area contributed by atoms with Crippen LogP contribution in [0.5, 0.6) is 0 Å². The Morgan fingerprint density at radius 1 is 1.17 bits per heavy atom. The molecule has 0 saturated heterocycles. The molecule has 0 N–H and O–H groups in total. The molecule has 0 amide bonds. The molecule has 1 aliphatic carbocycles. The summed E-state index contributed by atoms with van der Waals surface area (Å²) in [5.41, 5.74) is 3.43. The molecule has 0 atom stereocenters. The van der Waals surface area contributed by atoms with E-state index in [-0.39, 0.29) is 17.6 Å². The first kappa shape index (κ1) is 16.1. The highest BCUT2D eigenvalue weighted by Gasteiger charge is 2.23. The summed E-state index contributed by atoms with van der Waals surface area (Å²) in [6, 6.07) is 11.1. The molecule has 2 aromatic rings. The molecule has 2 aromatic carbocycles. The second-order valence-corrected chi connectivity index (χ2v) is 5.64. The number of fused-ring (bicyclic) bond motifs is 1. The van der Waals surface area contributed by atoms with Gasteiger partial charge in [0, 0.05) is 11.1 Å². The normalized spacial score (nSPS) is 15.2. The van der Waals surface area contributed by atoms with Crippen molar-refractivity contribution >= 4 is 17.8 Å². The van der Waals surface area contributed by atoms with Crippen LogP contribution in [0.25, 0.3) is 6.08 Å². The number of benzene rings is 2. The van der Waals surface area contributed by atoms with Crippen molar-refractivity contribution in [1.29, 1.82) is 0 Å². The van der Waals surface area contributed by atoms with Crippen LogP contribution in [0.1, 0.15) is 45.2 Å². The third kappa shape index (κ3) is 3.27. The fourth-order valence-electron chi connectivity index (χ4n) is 2.82. The average molecular weight is 324 g/mol. The molecule has 0 radical (unpaired) electrons. The van der Waals surface area contributed by atoms with Crippen molar-refractivity contribution in [2.45, 2.75) is 19.8 Å². The number of rotatable bonds is 3. The topological polar surface area (TPSA) is 43.4 Å². The Bertz CT molecular complexity index is 819. The minimum atomic E-state index is -0.375. The lowest BCUT2D eigenvalue weighted by Crippen LogP contribution is -2.15. The van der Waals surface area contributed by atoms with Gasteiger partial charge in [0.05, 0.1) is 12.2 Å². The highest BCUT2D eigenvalue weighted by Crippen LogP contribution is 2.27. The van der Waals surface area contributed by atoms with Crippen molar-refractivity contribution in [3.8, 4) is 0 Å². The van der Waals surface area contributed by atoms with Gasteiger partial charge in [0.25, 0.3) is 0 Å². The van der Waals surface area contributed by atoms with E-state index in [1.807, 2.05) is 0 Å². The Hall–Kier alpha value is -2.75. The fraction of sp³-hybridized carbons (Fsp3) is 0.200. The highest BCUT2D eigenvalue weighted by molar-refractivity contribution is 6.13. The SMILES string of the molecule is CCOC(=O)c1ccc2c(c1)CC/C(=C\c1ccc(F)cc1)C2=O. The minimum Gasteiger partial charge on any atom is -0.462 e. The average Bonchev–Trinajstić information content (AvgIpc) is 2.59. The number of aryl methyl sites for hydroxylation is 1. The first-order valence-electron chi connectivity index (χ1n) is 7.89. The van der Waals surface area contributed by atoms with Gasteiger partial charge in [-0.3, -0.25) is 4.79 Å². The predicted molar refractivity (Wildman–Crippen MR) is 89.4 cm³/mol. The third-order valence-corrected chi connectivity index (χ3v) is 4.03. The zero-order valence-corrected chi connectivity index (χ0v) is 13.3. The van der Waals surface area contributed by atoms with Crippen LogP contribution >= 0.6 is 0 Å². The second kappa shape index (κ2) is 6.79. The lowest BCUT2D eigenvalue weighted by atomic mass is 9.85. The van der Waals surface area contributed by atoms with E-state index in [4.69, 9.17) is 4.74 Å². The number of hydrogen-bond acceptors (Lipinski definition) is 3. The fourth-order valence-corrected chi connectivity index (χ4v) is 2.82. The lowest BCUT2D eigenvalue weighted by Gasteiger charge is -2.18. The summed E-state index contributed by atoms with van der Waals surface area (Å²) in [6.07, 6.45) is 3.07. The number of halogens is 1. The first-order valence-corrected chi connectivity index (χ1v) is 7.89. The van der Waals surface area contributed by atoms with E-state index in [9.17, 15) is 14.0 Å². The summed E-state index contributed by atoms with van der Waals surface area (Å²) in [5, 5.41) is 0. The molecule has 24 heavy (non-hydrogen) atoms. The van der Waals surface area contributed by atoms with Gasteiger partial charge in [-0.25, -0.2) is 9.18 Å². The third-order valence-electron chi connectivity index (χ3n) is 4.03. The first-order chi connectivity index (χ1) is 11.6. The zero-order chi connectivity index (χ0) is 17.1. The molecule has 1 aliphatic rings. The minimum absolute atomic E-state index is 0.0454. The Morgan fingerprint density at radius 2 is 1.92 bits per heavy atom. The van der Waals surface area contributed by atoms with Gasteiger partial charge < -0.3 is 4.74 Å². The molecule has 0 saturated carbocycles. The highest BCUT2D eigenvalue weighted by atomic mass is 19.1. The van der Waals surface area contributed by atoms with Crippen molar-refractivity contribution < 1.29 is 18.7 Å². The van der Waals surface area contributed by atoms with Crippen molar-refractivity contribution in [3.63, 3.8) is 0 Å². The molecule has 4 heteroatoms. The maximum atomic E-state index is 13.0. The predicted octanol–water partition coefficient (Wildman–Crippen LogP) is 4.21. The van der Waals surface area contributed by atoms with E-state index < -0.39 is 0 Å². The van der Waals surface area contributed by atoms with Crippen LogP contribution in [0.15, 0.2) is 48.0 Å². The van der Waals surface area contributed by atoms with E-state index in [0.29, 0.717) is 36.1 Å². The largest absolute Gasteiger partial charge is 0.462 e. The van der Waals surface area contributed by atoms with E-state index in [1.54, 1.807) is 43.3 Å². The summed E-state index contributed by atoms with van der Waals surface area (Å²) in [4.78, 5) is 24.4. The smallest absolute Gasteiger partial charge is 0.338 e. The zero-order valence-electron chi connectivity index (χ0n) is 13.3. The molecule has 3 nitrogen and oxygen atoms in total. The number of hydrogen-bond donors (Lipinski definition) is 0. The Morgan fingerprint density at radius 3 is 2.62 bits per heavy atom. The standard InChI is InChI=1S/C20H17FO3/c1-2-24-20(23)16-7-10-18-14(12-16)5-6-15(19(18)22)11-13-3-8-17(21)9-4-13/h3-4,7-12H,2,5-6H2,1H3/b15-11+. The molecule has 0 bridgehead atoms. The van der Waals surface area contributed by atoms with E-state index >= 15 is 0 Å². The maximum absolute atomic E-state index is 13.0. The summed E-state index contributed by atoms with van der Waals surface area (Å²) in [7, 11) is 0. The van der Waals surface area contributed by atoms with Gasteiger partial charge in [0.2, 0.25) is 0 Å². The number of allylic oxidation sites excluding steroid dienone is 1. The van der Waals surface area contributed by atoms with Crippen molar-refractivity contribution in [2.24, 2.45) is 0 Å². The second-order valence-electron chi connectivity index (χ2n) is 5.64. The van der Waals surface area contributed by atoms with Gasteiger partial charge in [-0.15, -0.1) is 0 Å². The van der Waals surface area contributed by atoms with Gasteiger partial charge in [-0.2, -0.15) is 0 Å². The van der Waals surface area contributed by atoms with Crippen LogP contribution in [0.4, 0.5) is 4.39 Å². The van der Waals surface area contributed by atoms with Crippen LogP contribution in [0.3, 0.4) is 0 Å². The van der Waals surface area contributed by atoms with Crippen molar-refractivity contribution in [2.75, 3.05) is 6.61 Å². The number of ether oxygens (including phenoxy) is 1. The lowest BCUT2D eigenvalue weighted by molar-refractivity contribution is 0.0526. The Labute approximate surface area is 139 Å². The van der Waals surface area contributed by atoms with Crippen LogP contribution < -0.4 is 0 Å². The molecule has 3 rings (SSSR count). The molecule has 0 aromatic heterocycles. The molecule has 0 spiro atoms. The van der Waals surface area contributed by atoms with Crippen LogP contribution in [0, 0.1) is 5.82 Å². The van der Waals surface area contributed by atoms with E-state index in [0.717, 1.165) is 11.1 Å². The molecular formula is C20H17FO3. The molecule has 0 heterocycles. The van der Waals surface area contributed by atoms with Crippen molar-refractivity contribution in [1.82, 2.24) is 0 Å². The van der Waals surface area contributed by atoms with Gasteiger partial charge in [-0.05, 0) is 67.3 Å². The number of carbonyl (C=O) groups is 2. The van der Waals surface area contributed by atoms with E-state index in [2.05, 4.69) is 0 Å². The van der Waals surface area contributed by atoms with Crippen molar-refractivity contribution in [3.05, 3.63) is 76.1 Å². The van der Waals surface area contributed by atoms with Crippen LogP contribution in [-0.4, -0.2) is 18.4 Å². The number of esters is 1. The van der Waals surface area contributed by atoms with E-state index in [1.165, 1.54) is 12.1 Å². The molecule has 0 fully saturated rings. The number of carbonyl (C=O) groups excluding carboxylic acids is 2. The van der Waals surface area contributed by atoms with Crippen LogP contribution in [0.2, 0.25) is 0 Å². The Balaban J connectivity index is 1.88. The van der Waals surface area contributed by atoms with Gasteiger partial charge in [0.15, 0.2) is 5.78 Å². The quantitative estimate of drug-likeness (QED) is 0.627. The monoisotopic (exact) mass is 324 g/mol. The number of ketones is 1. The summed E-state index contributed by atoms with van der Waals surface area (Å²) < 4.78 is 18.0. The summed E-state index contributed by atoms with van der Waals surface area (Å²) >= 11 is 0. The summed E-state index contributed by atoms with van der Waals surface area (Å²) in [5.74, 6) is -0.722. The van der Waals surface area contributed by atoms with Gasteiger partial charge in [0.1, 0.15) is 5.82 Å². The molecule has 122 valence electrons. The molecular weight excluding hydrogens is 307 g/mol. The van der Waals surface area contributed by atoms with Crippen LogP contribution in [-0.2, 0) is 11.2 Å². The Kier molecular flexibility index (Phi) is 4.56. The summed E-state index contributed by atoms with van der Waals surface area (Å²) in [6.45, 7) is 2.08. The molecule has 0 aliphatic heterocycles.